The maximum atomic E-state index is 13.2. The Kier molecular flexibility index (Phi) is 4.81. The van der Waals surface area contributed by atoms with Crippen LogP contribution in [0.3, 0.4) is 0 Å². The van der Waals surface area contributed by atoms with Crippen molar-refractivity contribution < 1.29 is 36.6 Å². The molecule has 1 aromatic rings. The summed E-state index contributed by atoms with van der Waals surface area (Å²) in [5.41, 5.74) is 0.0427. The summed E-state index contributed by atoms with van der Waals surface area (Å²) in [6.45, 7) is 0. The van der Waals surface area contributed by atoms with Crippen molar-refractivity contribution in [3.05, 3.63) is 47.8 Å². The lowest BCUT2D eigenvalue weighted by atomic mass is 10.0. The van der Waals surface area contributed by atoms with Crippen LogP contribution in [0.1, 0.15) is 29.6 Å². The van der Waals surface area contributed by atoms with E-state index in [1.165, 1.54) is 6.20 Å². The van der Waals surface area contributed by atoms with Crippen molar-refractivity contribution in [2.75, 3.05) is 0 Å². The molecule has 2 heterocycles. The molecule has 0 atom stereocenters. The molecule has 0 aromatic heterocycles. The first-order valence-electron chi connectivity index (χ1n) is 7.80. The predicted molar refractivity (Wildman–Crippen MR) is 82.9 cm³/mol. The molecule has 27 heavy (non-hydrogen) atoms. The van der Waals surface area contributed by atoms with Crippen LogP contribution in [0.4, 0.5) is 17.6 Å². The normalized spacial score (nSPS) is 19.2. The van der Waals surface area contributed by atoms with Gasteiger partial charge in [0.05, 0.1) is 0 Å². The number of rotatable bonds is 5. The van der Waals surface area contributed by atoms with Gasteiger partial charge in [-0.25, -0.2) is 0 Å². The number of fused-ring (bicyclic) bond motifs is 1. The molecule has 10 heteroatoms. The van der Waals surface area contributed by atoms with Gasteiger partial charge in [-0.2, -0.15) is 22.7 Å². The lowest BCUT2D eigenvalue weighted by Gasteiger charge is -2.31. The fourth-order valence-corrected chi connectivity index (χ4v) is 2.33. The van der Waals surface area contributed by atoms with E-state index in [-0.39, 0.29) is 24.1 Å². The Morgan fingerprint density at radius 1 is 1.00 bits per heavy atom. The van der Waals surface area contributed by atoms with E-state index in [0.717, 1.165) is 18.2 Å². The lowest BCUT2D eigenvalue weighted by Crippen LogP contribution is -2.52. The summed E-state index contributed by atoms with van der Waals surface area (Å²) in [5, 5.41) is 7.35. The first-order valence-corrected chi connectivity index (χ1v) is 7.80. The van der Waals surface area contributed by atoms with Crippen molar-refractivity contribution in [2.45, 2.75) is 31.5 Å². The van der Waals surface area contributed by atoms with E-state index in [2.05, 4.69) is 19.7 Å². The van der Waals surface area contributed by atoms with Crippen LogP contribution in [0.15, 0.2) is 52.5 Å². The van der Waals surface area contributed by atoms with Crippen LogP contribution in [0.2, 0.25) is 0 Å². The Labute approximate surface area is 150 Å². The number of Topliss-reactive ketones (excluding diaryl/α,β-unsaturated/α-hetero) is 2. The van der Waals surface area contributed by atoms with Crippen molar-refractivity contribution >= 4 is 11.6 Å². The topological polar surface area (TPSA) is 77.3 Å². The molecule has 0 saturated heterocycles. The third-order valence-electron chi connectivity index (χ3n) is 3.73. The van der Waals surface area contributed by atoms with Gasteiger partial charge >= 0.3 is 12.2 Å². The molecule has 6 nitrogen and oxygen atoms in total. The highest BCUT2D eigenvalue weighted by atomic mass is 19.3. The van der Waals surface area contributed by atoms with Gasteiger partial charge in [-0.05, 0) is 30.7 Å². The van der Waals surface area contributed by atoms with Gasteiger partial charge in [0.1, 0.15) is 5.70 Å². The summed E-state index contributed by atoms with van der Waals surface area (Å²) in [6.07, 6.45) is -4.93. The second-order valence-electron chi connectivity index (χ2n) is 5.67. The second-order valence-corrected chi connectivity index (χ2v) is 5.67. The fourth-order valence-electron chi connectivity index (χ4n) is 2.33. The minimum atomic E-state index is -4.87. The van der Waals surface area contributed by atoms with Crippen LogP contribution in [-0.4, -0.2) is 23.8 Å². The Hall–Kier alpha value is -3.04. The number of alkyl halides is 4. The standard InChI is InChI=1S/C17H12F4N2O4/c18-16(19)17(20,21)27-15-9-10(4-7-14(15)26-16)12(24)5-6-13(25)11-3-1-2-8-22-23-11/h2-4,7-9H,1,5-6H2. The van der Waals surface area contributed by atoms with Crippen LogP contribution in [0, 0.1) is 0 Å². The number of allylic oxidation sites excluding steroid dienone is 3. The Balaban J connectivity index is 1.68. The third-order valence-corrected chi connectivity index (χ3v) is 3.73. The fraction of sp³-hybridized carbons (Fsp3) is 0.294. The molecule has 0 bridgehead atoms. The summed E-state index contributed by atoms with van der Waals surface area (Å²) in [5.74, 6) is -2.26. The summed E-state index contributed by atoms with van der Waals surface area (Å²) in [4.78, 5) is 24.3. The first-order chi connectivity index (χ1) is 12.7. The molecule has 2 aliphatic heterocycles. The highest BCUT2D eigenvalue weighted by Crippen LogP contribution is 2.47. The molecule has 0 N–H and O–H groups in total. The van der Waals surface area contributed by atoms with Crippen LogP contribution < -0.4 is 9.47 Å². The van der Waals surface area contributed by atoms with Gasteiger partial charge < -0.3 is 9.47 Å². The summed E-state index contributed by atoms with van der Waals surface area (Å²) < 4.78 is 60.6. The highest BCUT2D eigenvalue weighted by Gasteiger charge is 2.65. The zero-order valence-corrected chi connectivity index (χ0v) is 13.6. The van der Waals surface area contributed by atoms with Gasteiger partial charge in [-0.15, -0.1) is 5.11 Å². The van der Waals surface area contributed by atoms with Crippen molar-refractivity contribution in [1.82, 2.24) is 0 Å². The van der Waals surface area contributed by atoms with E-state index in [0.29, 0.717) is 6.42 Å². The molecule has 0 radical (unpaired) electrons. The van der Waals surface area contributed by atoms with Gasteiger partial charge in [0.15, 0.2) is 23.1 Å². The summed E-state index contributed by atoms with van der Waals surface area (Å²) >= 11 is 0. The van der Waals surface area contributed by atoms with E-state index in [1.54, 1.807) is 12.2 Å². The minimum Gasteiger partial charge on any atom is -0.421 e. The second kappa shape index (κ2) is 6.93. The van der Waals surface area contributed by atoms with Crippen molar-refractivity contribution in [3.8, 4) is 11.5 Å². The first kappa shape index (κ1) is 18.7. The van der Waals surface area contributed by atoms with E-state index in [4.69, 9.17) is 0 Å². The van der Waals surface area contributed by atoms with Crippen LogP contribution in [0.5, 0.6) is 11.5 Å². The van der Waals surface area contributed by atoms with Crippen LogP contribution >= 0.6 is 0 Å². The molecular formula is C17H12F4N2O4. The number of ketones is 2. The van der Waals surface area contributed by atoms with Gasteiger partial charge in [0, 0.05) is 24.6 Å². The lowest BCUT2D eigenvalue weighted by molar-refractivity contribution is -0.391. The minimum absolute atomic E-state index is 0.0793. The summed E-state index contributed by atoms with van der Waals surface area (Å²) in [6, 6.07) is 2.93. The zero-order chi connectivity index (χ0) is 19.7. The smallest absolute Gasteiger partial charge is 0.421 e. The average Bonchev–Trinajstić information content (AvgIpc) is 2.89. The van der Waals surface area contributed by atoms with Gasteiger partial charge in [-0.1, -0.05) is 6.08 Å². The number of carbonyl (C=O) groups is 2. The Morgan fingerprint density at radius 3 is 2.41 bits per heavy atom. The molecule has 0 aliphatic carbocycles. The van der Waals surface area contributed by atoms with Gasteiger partial charge in [0.25, 0.3) is 0 Å². The Bertz CT molecular complexity index is 878. The van der Waals surface area contributed by atoms with Crippen LogP contribution in [0.25, 0.3) is 0 Å². The maximum absolute atomic E-state index is 13.2. The van der Waals surface area contributed by atoms with Gasteiger partial charge in [0.2, 0.25) is 0 Å². The van der Waals surface area contributed by atoms with Crippen molar-refractivity contribution in [1.29, 1.82) is 0 Å². The molecular weight excluding hydrogens is 372 g/mol. The number of benzene rings is 1. The quantitative estimate of drug-likeness (QED) is 0.556. The van der Waals surface area contributed by atoms with E-state index in [1.807, 2.05) is 0 Å². The number of nitrogens with zero attached hydrogens (tertiary/aromatic N) is 2. The van der Waals surface area contributed by atoms with E-state index >= 15 is 0 Å². The number of hydrogen-bond acceptors (Lipinski definition) is 6. The number of carbonyl (C=O) groups excluding carboxylic acids is 2. The van der Waals surface area contributed by atoms with Crippen molar-refractivity contribution in [3.63, 3.8) is 0 Å². The van der Waals surface area contributed by atoms with Gasteiger partial charge in [-0.3, -0.25) is 9.59 Å². The highest BCUT2D eigenvalue weighted by molar-refractivity contribution is 6.02. The number of ether oxygens (including phenoxy) is 2. The van der Waals surface area contributed by atoms with E-state index in [9.17, 15) is 27.2 Å². The molecule has 2 aliphatic rings. The number of azo groups is 1. The van der Waals surface area contributed by atoms with Crippen molar-refractivity contribution in [2.24, 2.45) is 10.2 Å². The molecule has 0 fully saturated rings. The van der Waals surface area contributed by atoms with Crippen LogP contribution in [-0.2, 0) is 4.79 Å². The van der Waals surface area contributed by atoms with E-state index < -0.39 is 35.3 Å². The molecule has 0 unspecified atom stereocenters. The molecule has 142 valence electrons. The predicted octanol–water partition coefficient (Wildman–Crippen LogP) is 4.43. The third kappa shape index (κ3) is 3.88. The summed E-state index contributed by atoms with van der Waals surface area (Å²) in [7, 11) is 0. The molecule has 3 rings (SSSR count). The Morgan fingerprint density at radius 2 is 1.67 bits per heavy atom. The molecule has 0 spiro atoms. The zero-order valence-electron chi connectivity index (χ0n) is 13.6. The maximum Gasteiger partial charge on any atom is 0.507 e. The number of hydrogen-bond donors (Lipinski definition) is 0. The molecule has 1 aromatic carbocycles. The molecule has 0 saturated carbocycles. The largest absolute Gasteiger partial charge is 0.507 e. The number of halogens is 4. The monoisotopic (exact) mass is 384 g/mol. The average molecular weight is 384 g/mol. The SMILES string of the molecule is O=C(CCC(=O)c1ccc2c(c1)OC(F)(F)C(F)(F)O2)C1=CCC=CN=N1. The molecule has 0 amide bonds.